The summed E-state index contributed by atoms with van der Waals surface area (Å²) < 4.78 is 24.1. The van der Waals surface area contributed by atoms with Gasteiger partial charge in [0.1, 0.15) is 13.2 Å². The molecule has 11 heteroatoms. The molecule has 3 heterocycles. The van der Waals surface area contributed by atoms with Crippen LogP contribution in [0.3, 0.4) is 0 Å². The van der Waals surface area contributed by atoms with E-state index in [1.165, 1.54) is 17.2 Å². The fraction of sp³-hybridized carbons (Fsp3) is 0.444. The van der Waals surface area contributed by atoms with Crippen molar-refractivity contribution in [1.29, 1.82) is 0 Å². The number of hydrogen-bond donors (Lipinski definition) is 1. The van der Waals surface area contributed by atoms with E-state index in [0.29, 0.717) is 5.56 Å². The summed E-state index contributed by atoms with van der Waals surface area (Å²) in [5, 5.41) is 7.29. The maximum atomic E-state index is 12.8. The van der Waals surface area contributed by atoms with Crippen LogP contribution < -0.4 is 25.3 Å². The number of rotatable bonds is 8. The van der Waals surface area contributed by atoms with Gasteiger partial charge in [-0.05, 0) is 37.4 Å². The molecule has 1 saturated heterocycles. The van der Waals surface area contributed by atoms with Gasteiger partial charge in [0.05, 0.1) is 16.6 Å². The molecule has 0 aliphatic carbocycles. The molecule has 0 radical (unpaired) electrons. The van der Waals surface area contributed by atoms with Crippen molar-refractivity contribution in [1.82, 2.24) is 20.0 Å². The third-order valence-corrected chi connectivity index (χ3v) is 7.01. The highest BCUT2D eigenvalue weighted by molar-refractivity contribution is 6.33. The van der Waals surface area contributed by atoms with E-state index in [1.807, 2.05) is 30.3 Å². The number of aromatic nitrogens is 2. The number of likely N-dealkylation sites (tertiary alicyclic amines) is 1. The predicted octanol–water partition coefficient (Wildman–Crippen LogP) is 4.65. The molecule has 0 unspecified atom stereocenters. The second kappa shape index (κ2) is 11.9. The molecule has 1 N–H and O–H groups in total. The molecule has 0 spiro atoms. The molecule has 2 aromatic carbocycles. The molecule has 0 saturated carbocycles. The Balaban J connectivity index is 1.35. The lowest BCUT2D eigenvalue weighted by molar-refractivity contribution is 0.161. The van der Waals surface area contributed by atoms with E-state index in [9.17, 15) is 9.59 Å². The quantitative estimate of drug-likeness (QED) is 0.438. The van der Waals surface area contributed by atoms with Crippen LogP contribution in [0.5, 0.6) is 17.2 Å². The first-order chi connectivity index (χ1) is 18.5. The SMILES string of the molecule is CCCCN1CCC(n2nc(-c3cc(Cl)c(OC(=O)NCc4ccccc4)c4c3OCCO4)oc2=O)CC1. The third kappa shape index (κ3) is 5.81. The summed E-state index contributed by atoms with van der Waals surface area (Å²) in [5.41, 5.74) is 1.28. The van der Waals surface area contributed by atoms with Crippen molar-refractivity contribution in [3.05, 3.63) is 57.5 Å². The largest absolute Gasteiger partial charge is 0.485 e. The number of amides is 1. The van der Waals surface area contributed by atoms with E-state index in [0.717, 1.165) is 44.5 Å². The zero-order valence-corrected chi connectivity index (χ0v) is 22.0. The van der Waals surface area contributed by atoms with Crippen LogP contribution in [0.25, 0.3) is 11.5 Å². The van der Waals surface area contributed by atoms with E-state index < -0.39 is 11.8 Å². The molecule has 10 nitrogen and oxygen atoms in total. The fourth-order valence-corrected chi connectivity index (χ4v) is 4.94. The molecule has 38 heavy (non-hydrogen) atoms. The first-order valence-corrected chi connectivity index (χ1v) is 13.4. The van der Waals surface area contributed by atoms with Crippen LogP contribution >= 0.6 is 11.6 Å². The van der Waals surface area contributed by atoms with Crippen molar-refractivity contribution in [2.75, 3.05) is 32.8 Å². The van der Waals surface area contributed by atoms with Gasteiger partial charge >= 0.3 is 11.8 Å². The van der Waals surface area contributed by atoms with Crippen LogP contribution in [0.15, 0.2) is 45.6 Å². The molecule has 1 aromatic heterocycles. The summed E-state index contributed by atoms with van der Waals surface area (Å²) in [6.07, 6.45) is 3.27. The molecule has 1 amide bonds. The lowest BCUT2D eigenvalue weighted by Crippen LogP contribution is -2.37. The van der Waals surface area contributed by atoms with Crippen molar-refractivity contribution in [2.45, 2.75) is 45.2 Å². The maximum absolute atomic E-state index is 12.8. The van der Waals surface area contributed by atoms with Gasteiger partial charge < -0.3 is 28.8 Å². The summed E-state index contributed by atoms with van der Waals surface area (Å²) in [6, 6.07) is 10.9. The van der Waals surface area contributed by atoms with Crippen LogP contribution in [0.4, 0.5) is 4.79 Å². The van der Waals surface area contributed by atoms with Gasteiger partial charge in [0.15, 0.2) is 11.5 Å². The van der Waals surface area contributed by atoms with E-state index in [1.54, 1.807) is 0 Å². The van der Waals surface area contributed by atoms with Crippen molar-refractivity contribution in [2.24, 2.45) is 0 Å². The van der Waals surface area contributed by atoms with E-state index in [4.69, 9.17) is 30.2 Å². The minimum absolute atomic E-state index is 0.0249. The third-order valence-electron chi connectivity index (χ3n) is 6.73. The fourth-order valence-electron chi connectivity index (χ4n) is 4.70. The second-order valence-electron chi connectivity index (χ2n) is 9.36. The Bertz CT molecular complexity index is 1320. The molecular formula is C27H31ClN4O6. The number of unbranched alkanes of at least 4 members (excludes halogenated alkanes) is 1. The highest BCUT2D eigenvalue weighted by atomic mass is 35.5. The van der Waals surface area contributed by atoms with Crippen molar-refractivity contribution in [3.63, 3.8) is 0 Å². The van der Waals surface area contributed by atoms with Gasteiger partial charge in [0.25, 0.3) is 5.89 Å². The zero-order chi connectivity index (χ0) is 26.5. The Labute approximate surface area is 225 Å². The second-order valence-corrected chi connectivity index (χ2v) is 9.77. The van der Waals surface area contributed by atoms with Gasteiger partial charge in [-0.2, -0.15) is 4.68 Å². The van der Waals surface area contributed by atoms with Gasteiger partial charge in [0, 0.05) is 19.6 Å². The molecular weight excluding hydrogens is 512 g/mol. The van der Waals surface area contributed by atoms with Crippen LogP contribution in [-0.2, 0) is 6.54 Å². The molecule has 0 atom stereocenters. The van der Waals surface area contributed by atoms with E-state index in [-0.39, 0.29) is 54.0 Å². The van der Waals surface area contributed by atoms with Gasteiger partial charge in [-0.15, -0.1) is 5.10 Å². The monoisotopic (exact) mass is 542 g/mol. The number of hydrogen-bond acceptors (Lipinski definition) is 8. The highest BCUT2D eigenvalue weighted by Gasteiger charge is 2.31. The average Bonchev–Trinajstić information content (AvgIpc) is 3.34. The van der Waals surface area contributed by atoms with Crippen LogP contribution in [0, 0.1) is 0 Å². The van der Waals surface area contributed by atoms with Gasteiger partial charge in [-0.25, -0.2) is 9.59 Å². The highest BCUT2D eigenvalue weighted by Crippen LogP contribution is 2.49. The Morgan fingerprint density at radius 1 is 1.16 bits per heavy atom. The number of benzene rings is 2. The minimum Gasteiger partial charge on any atom is -0.485 e. The molecule has 2 aliphatic heterocycles. The van der Waals surface area contributed by atoms with Gasteiger partial charge in [-0.3, -0.25) is 0 Å². The summed E-state index contributed by atoms with van der Waals surface area (Å²) in [5.74, 6) is -0.0115. The van der Waals surface area contributed by atoms with Gasteiger partial charge in [0.2, 0.25) is 5.75 Å². The smallest absolute Gasteiger partial charge is 0.437 e. The summed E-state index contributed by atoms with van der Waals surface area (Å²) >= 11 is 6.53. The topological polar surface area (TPSA) is 108 Å². The number of carbonyl (C=O) groups is 1. The molecule has 2 aliphatic rings. The average molecular weight is 543 g/mol. The number of nitrogens with zero attached hydrogens (tertiary/aromatic N) is 3. The number of fused-ring (bicyclic) bond motifs is 1. The number of piperidine rings is 1. The first kappa shape index (κ1) is 26.1. The lowest BCUT2D eigenvalue weighted by atomic mass is 10.1. The molecule has 1 fully saturated rings. The molecule has 202 valence electrons. The molecule has 0 bridgehead atoms. The van der Waals surface area contributed by atoms with Gasteiger partial charge in [-0.1, -0.05) is 55.3 Å². The number of nitrogens with one attached hydrogen (secondary N) is 1. The Morgan fingerprint density at radius 3 is 2.63 bits per heavy atom. The summed E-state index contributed by atoms with van der Waals surface area (Å²) in [4.78, 5) is 27.7. The summed E-state index contributed by atoms with van der Waals surface area (Å²) in [6.45, 7) is 5.87. The number of halogens is 1. The van der Waals surface area contributed by atoms with Crippen molar-refractivity contribution >= 4 is 17.7 Å². The standard InChI is InChI=1S/C27H31ClN4O6/c1-2-3-11-31-12-9-19(10-13-31)32-27(34)38-25(30-32)20-16-21(28)23(24-22(20)35-14-15-36-24)37-26(33)29-17-18-7-5-4-6-8-18/h4-8,16,19H,2-3,9-15,17H2,1H3,(H,29,33). The Kier molecular flexibility index (Phi) is 8.19. The first-order valence-electron chi connectivity index (χ1n) is 13.0. The number of ether oxygens (including phenoxy) is 3. The number of carbonyl (C=O) groups excluding carboxylic acids is 1. The summed E-state index contributed by atoms with van der Waals surface area (Å²) in [7, 11) is 0. The Hall–Kier alpha value is -3.50. The van der Waals surface area contributed by atoms with Crippen LogP contribution in [0.2, 0.25) is 5.02 Å². The molecule has 5 rings (SSSR count). The van der Waals surface area contributed by atoms with E-state index >= 15 is 0 Å². The molecule has 3 aromatic rings. The normalized spacial score (nSPS) is 15.8. The zero-order valence-electron chi connectivity index (χ0n) is 21.3. The Morgan fingerprint density at radius 2 is 1.89 bits per heavy atom. The predicted molar refractivity (Wildman–Crippen MR) is 141 cm³/mol. The maximum Gasteiger partial charge on any atom is 0.437 e. The van der Waals surface area contributed by atoms with Crippen LogP contribution in [0.1, 0.15) is 44.2 Å². The van der Waals surface area contributed by atoms with Crippen molar-refractivity contribution in [3.8, 4) is 28.7 Å². The lowest BCUT2D eigenvalue weighted by Gasteiger charge is -2.31. The van der Waals surface area contributed by atoms with E-state index in [2.05, 4.69) is 22.2 Å². The van der Waals surface area contributed by atoms with Crippen molar-refractivity contribution < 1.29 is 23.4 Å². The minimum atomic E-state index is -0.694. The van der Waals surface area contributed by atoms with Crippen LogP contribution in [-0.4, -0.2) is 53.6 Å².